The quantitative estimate of drug-likeness (QED) is 0.823. The lowest BCUT2D eigenvalue weighted by atomic mass is 9.78. The predicted octanol–water partition coefficient (Wildman–Crippen LogP) is 1.60. The van der Waals surface area contributed by atoms with E-state index in [0.29, 0.717) is 24.4 Å². The molecule has 0 spiro atoms. The molecule has 4 unspecified atom stereocenters. The molecule has 2 rings (SSSR count). The van der Waals surface area contributed by atoms with Gasteiger partial charge < -0.3 is 11.1 Å². The van der Waals surface area contributed by atoms with Crippen molar-refractivity contribution in [2.45, 2.75) is 52.0 Å². The van der Waals surface area contributed by atoms with E-state index in [1.807, 2.05) is 0 Å². The van der Waals surface area contributed by atoms with Crippen molar-refractivity contribution in [1.29, 1.82) is 0 Å². The molecule has 0 aromatic carbocycles. The zero-order valence-corrected chi connectivity index (χ0v) is 13.1. The number of piperidine rings is 1. The summed E-state index contributed by atoms with van der Waals surface area (Å²) in [5, 5.41) is 3.27. The van der Waals surface area contributed by atoms with Crippen LogP contribution in [0.1, 0.15) is 46.0 Å². The second-order valence-electron chi connectivity index (χ2n) is 6.92. The molecule has 1 heterocycles. The Hall–Kier alpha value is -0.610. The fraction of sp³-hybridized carbons (Fsp3) is 0.938. The van der Waals surface area contributed by atoms with Crippen LogP contribution in [-0.4, -0.2) is 43.0 Å². The molecule has 0 aromatic heterocycles. The Bertz CT molecular complexity index is 321. The summed E-state index contributed by atoms with van der Waals surface area (Å²) in [6.45, 7) is 7.91. The van der Waals surface area contributed by atoms with Crippen LogP contribution >= 0.6 is 0 Å². The highest BCUT2D eigenvalue weighted by molar-refractivity contribution is 5.78. The number of nitrogens with zero attached hydrogens (tertiary/aromatic N) is 1. The van der Waals surface area contributed by atoms with E-state index in [4.69, 9.17) is 5.73 Å². The molecule has 0 radical (unpaired) electrons. The smallest absolute Gasteiger partial charge is 0.234 e. The molecule has 116 valence electrons. The molecular weight excluding hydrogens is 250 g/mol. The highest BCUT2D eigenvalue weighted by Crippen LogP contribution is 2.29. The zero-order valence-electron chi connectivity index (χ0n) is 13.1. The van der Waals surface area contributed by atoms with Gasteiger partial charge in [-0.3, -0.25) is 9.69 Å². The minimum atomic E-state index is 0.202. The van der Waals surface area contributed by atoms with Crippen LogP contribution in [-0.2, 0) is 4.79 Å². The Morgan fingerprint density at radius 1 is 1.25 bits per heavy atom. The van der Waals surface area contributed by atoms with Gasteiger partial charge in [-0.1, -0.05) is 26.7 Å². The normalized spacial score (nSPS) is 35.8. The Kier molecular flexibility index (Phi) is 5.85. The average Bonchev–Trinajstić information content (AvgIpc) is 2.44. The van der Waals surface area contributed by atoms with Gasteiger partial charge in [-0.2, -0.15) is 0 Å². The molecule has 2 aliphatic rings. The summed E-state index contributed by atoms with van der Waals surface area (Å²) < 4.78 is 0. The van der Waals surface area contributed by atoms with Gasteiger partial charge in [0.2, 0.25) is 5.91 Å². The molecule has 0 aromatic rings. The van der Waals surface area contributed by atoms with E-state index < -0.39 is 0 Å². The Labute approximate surface area is 123 Å². The lowest BCUT2D eigenvalue weighted by Gasteiger charge is -2.36. The molecule has 1 aliphatic carbocycles. The summed E-state index contributed by atoms with van der Waals surface area (Å²) in [6.07, 6.45) is 6.08. The highest BCUT2D eigenvalue weighted by Gasteiger charge is 2.29. The summed E-state index contributed by atoms with van der Waals surface area (Å²) in [7, 11) is 0. The Morgan fingerprint density at radius 2 is 2.05 bits per heavy atom. The fourth-order valence-electron chi connectivity index (χ4n) is 3.73. The Balaban J connectivity index is 1.77. The van der Waals surface area contributed by atoms with Gasteiger partial charge in [-0.15, -0.1) is 0 Å². The van der Waals surface area contributed by atoms with Gasteiger partial charge in [-0.25, -0.2) is 0 Å². The number of likely N-dealkylation sites (tertiary alicyclic amines) is 1. The molecule has 2 fully saturated rings. The maximum atomic E-state index is 12.2. The van der Waals surface area contributed by atoms with E-state index in [1.54, 1.807) is 0 Å². The van der Waals surface area contributed by atoms with Crippen LogP contribution in [0.5, 0.6) is 0 Å². The second-order valence-corrected chi connectivity index (χ2v) is 6.92. The fourth-order valence-corrected chi connectivity index (χ4v) is 3.73. The number of carbonyl (C=O) groups excluding carboxylic acids is 1. The largest absolute Gasteiger partial charge is 0.352 e. The van der Waals surface area contributed by atoms with Crippen molar-refractivity contribution in [1.82, 2.24) is 10.2 Å². The van der Waals surface area contributed by atoms with Crippen molar-refractivity contribution in [3.63, 3.8) is 0 Å². The van der Waals surface area contributed by atoms with Gasteiger partial charge >= 0.3 is 0 Å². The third-order valence-corrected chi connectivity index (χ3v) is 5.36. The van der Waals surface area contributed by atoms with Crippen LogP contribution in [0.25, 0.3) is 0 Å². The third-order valence-electron chi connectivity index (χ3n) is 5.36. The van der Waals surface area contributed by atoms with Gasteiger partial charge in [0.05, 0.1) is 6.54 Å². The number of carbonyl (C=O) groups is 1. The Morgan fingerprint density at radius 3 is 2.80 bits per heavy atom. The van der Waals surface area contributed by atoms with Crippen LogP contribution in [0.4, 0.5) is 0 Å². The maximum Gasteiger partial charge on any atom is 0.234 e. The van der Waals surface area contributed by atoms with Crippen LogP contribution in [0, 0.1) is 17.8 Å². The van der Waals surface area contributed by atoms with Crippen LogP contribution in [0.2, 0.25) is 0 Å². The highest BCUT2D eigenvalue weighted by atomic mass is 16.2. The van der Waals surface area contributed by atoms with Crippen molar-refractivity contribution in [2.24, 2.45) is 23.5 Å². The van der Waals surface area contributed by atoms with Crippen molar-refractivity contribution in [3.05, 3.63) is 0 Å². The minimum absolute atomic E-state index is 0.202. The first-order chi connectivity index (χ1) is 9.60. The molecule has 0 bridgehead atoms. The lowest BCUT2D eigenvalue weighted by molar-refractivity contribution is -0.124. The lowest BCUT2D eigenvalue weighted by Crippen LogP contribution is -2.49. The number of nitrogens with one attached hydrogen (secondary N) is 1. The van der Waals surface area contributed by atoms with Crippen molar-refractivity contribution in [3.8, 4) is 0 Å². The molecule has 4 atom stereocenters. The molecule has 1 aliphatic heterocycles. The number of nitrogens with two attached hydrogens (primary N) is 1. The first kappa shape index (κ1) is 15.8. The number of hydrogen-bond donors (Lipinski definition) is 2. The predicted molar refractivity (Wildman–Crippen MR) is 82.3 cm³/mol. The number of amides is 1. The summed E-state index contributed by atoms with van der Waals surface area (Å²) in [6, 6.07) is 0.376. The SMILES string of the molecule is CC1CCCC(NC(=O)CN2CCCC(CN)C2)C1C. The molecule has 3 N–H and O–H groups in total. The molecule has 20 heavy (non-hydrogen) atoms. The maximum absolute atomic E-state index is 12.2. The van der Waals surface area contributed by atoms with Crippen molar-refractivity contribution in [2.75, 3.05) is 26.2 Å². The first-order valence-electron chi connectivity index (χ1n) is 8.32. The van der Waals surface area contributed by atoms with Crippen molar-refractivity contribution < 1.29 is 4.79 Å². The molecular formula is C16H31N3O. The monoisotopic (exact) mass is 281 g/mol. The molecule has 4 nitrogen and oxygen atoms in total. The van der Waals surface area contributed by atoms with Crippen LogP contribution in [0.15, 0.2) is 0 Å². The van der Waals surface area contributed by atoms with Crippen LogP contribution in [0.3, 0.4) is 0 Å². The first-order valence-corrected chi connectivity index (χ1v) is 8.32. The van der Waals surface area contributed by atoms with Gasteiger partial charge in [0.15, 0.2) is 0 Å². The van der Waals surface area contributed by atoms with E-state index in [0.717, 1.165) is 32.0 Å². The van der Waals surface area contributed by atoms with E-state index in [2.05, 4.69) is 24.1 Å². The molecule has 1 saturated heterocycles. The van der Waals surface area contributed by atoms with Gasteiger partial charge in [0.1, 0.15) is 0 Å². The molecule has 1 saturated carbocycles. The van der Waals surface area contributed by atoms with Gasteiger partial charge in [0, 0.05) is 12.6 Å². The van der Waals surface area contributed by atoms with Gasteiger partial charge in [0.25, 0.3) is 0 Å². The van der Waals surface area contributed by atoms with Gasteiger partial charge in [-0.05, 0) is 50.1 Å². The summed E-state index contributed by atoms with van der Waals surface area (Å²) in [4.78, 5) is 14.5. The molecule has 4 heteroatoms. The van der Waals surface area contributed by atoms with E-state index in [1.165, 1.54) is 25.7 Å². The van der Waals surface area contributed by atoms with E-state index >= 15 is 0 Å². The third kappa shape index (κ3) is 4.19. The summed E-state index contributed by atoms with van der Waals surface area (Å²) in [5.74, 6) is 2.11. The van der Waals surface area contributed by atoms with Crippen molar-refractivity contribution >= 4 is 5.91 Å². The number of rotatable bonds is 4. The summed E-state index contributed by atoms with van der Waals surface area (Å²) >= 11 is 0. The molecule has 1 amide bonds. The summed E-state index contributed by atoms with van der Waals surface area (Å²) in [5.41, 5.74) is 5.75. The van der Waals surface area contributed by atoms with E-state index in [-0.39, 0.29) is 5.91 Å². The van der Waals surface area contributed by atoms with E-state index in [9.17, 15) is 4.79 Å². The number of hydrogen-bond acceptors (Lipinski definition) is 3. The minimum Gasteiger partial charge on any atom is -0.352 e. The standard InChI is InChI=1S/C16H31N3O/c1-12-5-3-7-15(13(12)2)18-16(20)11-19-8-4-6-14(9-17)10-19/h12-15H,3-11,17H2,1-2H3,(H,18,20). The topological polar surface area (TPSA) is 58.4 Å². The van der Waals surface area contributed by atoms with Crippen LogP contribution < -0.4 is 11.1 Å². The average molecular weight is 281 g/mol. The second kappa shape index (κ2) is 7.41. The zero-order chi connectivity index (χ0) is 14.5.